The monoisotopic (exact) mass is 411 g/mol. The van der Waals surface area contributed by atoms with E-state index in [-0.39, 0.29) is 17.5 Å². The number of nitrogens with one attached hydrogen (secondary N) is 2. The van der Waals surface area contributed by atoms with Gasteiger partial charge in [-0.1, -0.05) is 6.42 Å². The quantitative estimate of drug-likeness (QED) is 0.489. The molecule has 3 rings (SSSR count). The van der Waals surface area contributed by atoms with Crippen LogP contribution in [0.5, 0.6) is 5.75 Å². The lowest BCUT2D eigenvalue weighted by molar-refractivity contribution is -0.117. The number of ether oxygens (including phenoxy) is 1. The van der Waals surface area contributed by atoms with Gasteiger partial charge in [0, 0.05) is 18.2 Å². The summed E-state index contributed by atoms with van der Waals surface area (Å²) in [6.45, 7) is 3.78. The number of hydrogen-bond acceptors (Lipinski definition) is 5. The van der Waals surface area contributed by atoms with Gasteiger partial charge in [-0.3, -0.25) is 9.59 Å². The summed E-state index contributed by atoms with van der Waals surface area (Å²) in [6.07, 6.45) is 7.72. The summed E-state index contributed by atoms with van der Waals surface area (Å²) in [7, 11) is 1.56. The summed E-state index contributed by atoms with van der Waals surface area (Å²) in [5, 5.41) is 5.60. The van der Waals surface area contributed by atoms with Crippen molar-refractivity contribution in [1.29, 1.82) is 0 Å². The molecule has 0 atom stereocenters. The van der Waals surface area contributed by atoms with Crippen LogP contribution in [0.15, 0.2) is 52.8 Å². The molecule has 7 nitrogen and oxygen atoms in total. The van der Waals surface area contributed by atoms with Gasteiger partial charge in [-0.2, -0.15) is 0 Å². The second-order valence-electron chi connectivity index (χ2n) is 7.27. The summed E-state index contributed by atoms with van der Waals surface area (Å²) in [4.78, 5) is 27.8. The smallest absolute Gasteiger partial charge is 0.267 e. The molecule has 0 spiro atoms. The number of hydrogen-bond donors (Lipinski definition) is 2. The van der Waals surface area contributed by atoms with Crippen LogP contribution in [0.4, 0.5) is 0 Å². The summed E-state index contributed by atoms with van der Waals surface area (Å²) < 4.78 is 10.4. The predicted molar refractivity (Wildman–Crippen MR) is 115 cm³/mol. The minimum Gasteiger partial charge on any atom is -0.497 e. The van der Waals surface area contributed by atoms with Crippen molar-refractivity contribution in [3.8, 4) is 5.75 Å². The number of carbonyl (C=O) groups is 2. The van der Waals surface area contributed by atoms with Crippen LogP contribution in [0.2, 0.25) is 0 Å². The Bertz CT molecular complexity index is 838. The van der Waals surface area contributed by atoms with Gasteiger partial charge in [0.2, 0.25) is 0 Å². The molecule has 1 aromatic carbocycles. The van der Waals surface area contributed by atoms with Crippen molar-refractivity contribution >= 4 is 17.9 Å². The van der Waals surface area contributed by atoms with E-state index < -0.39 is 0 Å². The van der Waals surface area contributed by atoms with E-state index in [1.807, 2.05) is 0 Å². The zero-order chi connectivity index (χ0) is 21.2. The van der Waals surface area contributed by atoms with Crippen LogP contribution in [0.3, 0.4) is 0 Å². The van der Waals surface area contributed by atoms with Gasteiger partial charge in [-0.25, -0.2) is 0 Å². The molecule has 7 heteroatoms. The van der Waals surface area contributed by atoms with Crippen molar-refractivity contribution in [2.45, 2.75) is 25.7 Å². The molecule has 30 heavy (non-hydrogen) atoms. The van der Waals surface area contributed by atoms with Crippen molar-refractivity contribution in [2.75, 3.05) is 33.3 Å². The maximum atomic E-state index is 12.7. The molecule has 2 aromatic rings. The molecule has 0 aliphatic carbocycles. The highest BCUT2D eigenvalue weighted by molar-refractivity contribution is 6.05. The van der Waals surface area contributed by atoms with Gasteiger partial charge in [0.25, 0.3) is 11.8 Å². The molecule has 1 aliphatic heterocycles. The van der Waals surface area contributed by atoms with Crippen LogP contribution in [-0.2, 0) is 4.79 Å². The number of rotatable bonds is 9. The summed E-state index contributed by atoms with van der Waals surface area (Å²) in [5.74, 6) is 0.429. The zero-order valence-electron chi connectivity index (χ0n) is 17.4. The van der Waals surface area contributed by atoms with Crippen molar-refractivity contribution in [1.82, 2.24) is 15.5 Å². The number of benzene rings is 1. The van der Waals surface area contributed by atoms with E-state index in [9.17, 15) is 9.59 Å². The second kappa shape index (κ2) is 11.2. The number of carbonyl (C=O) groups excluding carboxylic acids is 2. The Labute approximate surface area is 177 Å². The normalized spacial score (nSPS) is 14.9. The van der Waals surface area contributed by atoms with Crippen LogP contribution < -0.4 is 15.4 Å². The van der Waals surface area contributed by atoms with E-state index in [4.69, 9.17) is 9.15 Å². The van der Waals surface area contributed by atoms with E-state index in [0.717, 1.165) is 26.1 Å². The van der Waals surface area contributed by atoms with Crippen molar-refractivity contribution in [3.63, 3.8) is 0 Å². The van der Waals surface area contributed by atoms with Crippen LogP contribution >= 0.6 is 0 Å². The number of furan rings is 1. The van der Waals surface area contributed by atoms with Crippen LogP contribution in [0.25, 0.3) is 6.08 Å². The standard InChI is InChI=1S/C23H29N3O4/c1-29-19-10-8-18(9-11-19)22(27)25-21(17-20-7-5-16-30-20)23(28)24-12-6-15-26-13-3-2-4-14-26/h5,7-11,16-17H,2-4,6,12-15H2,1H3,(H,24,28)(H,25,27)/b21-17-. The van der Waals surface area contributed by atoms with Gasteiger partial charge in [-0.05, 0) is 75.3 Å². The fourth-order valence-electron chi connectivity index (χ4n) is 3.39. The lowest BCUT2D eigenvalue weighted by atomic mass is 10.1. The molecule has 0 unspecified atom stereocenters. The maximum Gasteiger partial charge on any atom is 0.267 e. The summed E-state index contributed by atoms with van der Waals surface area (Å²) in [5.41, 5.74) is 0.572. The number of methoxy groups -OCH3 is 1. The van der Waals surface area contributed by atoms with E-state index in [2.05, 4.69) is 15.5 Å². The third-order valence-corrected chi connectivity index (χ3v) is 5.06. The molecular formula is C23H29N3O4. The Morgan fingerprint density at radius 1 is 1.13 bits per heavy atom. The van der Waals surface area contributed by atoms with Gasteiger partial charge in [0.05, 0.1) is 13.4 Å². The molecule has 2 N–H and O–H groups in total. The maximum absolute atomic E-state index is 12.7. The van der Waals surface area contributed by atoms with E-state index in [1.54, 1.807) is 43.5 Å². The highest BCUT2D eigenvalue weighted by Gasteiger charge is 2.16. The Hall–Kier alpha value is -3.06. The number of likely N-dealkylation sites (tertiary alicyclic amines) is 1. The van der Waals surface area contributed by atoms with Gasteiger partial charge < -0.3 is 24.7 Å². The average molecular weight is 412 g/mol. The topological polar surface area (TPSA) is 83.8 Å². The van der Waals surface area contributed by atoms with E-state index in [1.165, 1.54) is 31.6 Å². The first-order valence-corrected chi connectivity index (χ1v) is 10.4. The first-order chi connectivity index (χ1) is 14.7. The minimum atomic E-state index is -0.376. The molecule has 0 radical (unpaired) electrons. The molecule has 0 saturated carbocycles. The molecule has 1 fully saturated rings. The predicted octanol–water partition coefficient (Wildman–Crippen LogP) is 3.05. The average Bonchev–Trinajstić information content (AvgIpc) is 3.30. The van der Waals surface area contributed by atoms with Crippen molar-refractivity contribution < 1.29 is 18.7 Å². The fourth-order valence-corrected chi connectivity index (χ4v) is 3.39. The van der Waals surface area contributed by atoms with Gasteiger partial charge in [0.1, 0.15) is 17.2 Å². The number of nitrogens with zero attached hydrogens (tertiary/aromatic N) is 1. The molecule has 0 bridgehead atoms. The van der Waals surface area contributed by atoms with Gasteiger partial charge in [0.15, 0.2) is 0 Å². The molecule has 2 amide bonds. The van der Waals surface area contributed by atoms with E-state index in [0.29, 0.717) is 23.6 Å². The molecule has 1 saturated heterocycles. The summed E-state index contributed by atoms with van der Waals surface area (Å²) >= 11 is 0. The second-order valence-corrected chi connectivity index (χ2v) is 7.27. The molecule has 1 aliphatic rings. The highest BCUT2D eigenvalue weighted by Crippen LogP contribution is 2.13. The zero-order valence-corrected chi connectivity index (χ0v) is 17.4. The minimum absolute atomic E-state index is 0.142. The van der Waals surface area contributed by atoms with Crippen molar-refractivity contribution in [3.05, 3.63) is 59.7 Å². The third kappa shape index (κ3) is 6.49. The highest BCUT2D eigenvalue weighted by atomic mass is 16.5. The van der Waals surface area contributed by atoms with Gasteiger partial charge in [-0.15, -0.1) is 0 Å². The fraction of sp³-hybridized carbons (Fsp3) is 0.391. The number of amides is 2. The first-order valence-electron chi connectivity index (χ1n) is 10.4. The molecular weight excluding hydrogens is 382 g/mol. The van der Waals surface area contributed by atoms with Gasteiger partial charge >= 0.3 is 0 Å². The van der Waals surface area contributed by atoms with Crippen molar-refractivity contribution in [2.24, 2.45) is 0 Å². The largest absolute Gasteiger partial charge is 0.497 e. The van der Waals surface area contributed by atoms with E-state index >= 15 is 0 Å². The Balaban J connectivity index is 1.58. The summed E-state index contributed by atoms with van der Waals surface area (Å²) in [6, 6.07) is 10.1. The number of piperidine rings is 1. The Morgan fingerprint density at radius 2 is 1.90 bits per heavy atom. The SMILES string of the molecule is COc1ccc(C(=O)N/C(=C\c2ccco2)C(=O)NCCCN2CCCCC2)cc1. The first kappa shape index (κ1) is 21.6. The van der Waals surface area contributed by atoms with Crippen LogP contribution in [-0.4, -0.2) is 50.0 Å². The molecule has 1 aromatic heterocycles. The Kier molecular flexibility index (Phi) is 8.09. The van der Waals surface area contributed by atoms with Crippen LogP contribution in [0, 0.1) is 0 Å². The Morgan fingerprint density at radius 3 is 2.57 bits per heavy atom. The lowest BCUT2D eigenvalue weighted by Gasteiger charge is -2.26. The van der Waals surface area contributed by atoms with Crippen LogP contribution in [0.1, 0.15) is 41.8 Å². The molecule has 2 heterocycles. The molecule has 160 valence electrons. The lowest BCUT2D eigenvalue weighted by Crippen LogP contribution is -2.37. The third-order valence-electron chi connectivity index (χ3n) is 5.06.